The molecule has 60 heavy (non-hydrogen) atoms. The van der Waals surface area contributed by atoms with E-state index in [1.165, 1.54) is 109 Å². The third-order valence-corrected chi connectivity index (χ3v) is 10.7. The van der Waals surface area contributed by atoms with E-state index in [4.69, 9.17) is 14.2 Å². The number of hydrogen-bond donors (Lipinski definition) is 0. The van der Waals surface area contributed by atoms with Gasteiger partial charge in [-0.25, -0.2) is 0 Å². The predicted octanol–water partition coefficient (Wildman–Crippen LogP) is 17.1. The van der Waals surface area contributed by atoms with Crippen LogP contribution in [0, 0.1) is 0 Å². The molecule has 0 radical (unpaired) electrons. The van der Waals surface area contributed by atoms with Crippen molar-refractivity contribution in [3.05, 3.63) is 72.9 Å². The molecule has 1 unspecified atom stereocenters. The number of unbranched alkanes of at least 4 members (excludes halogenated alkanes) is 23. The molecule has 5 heteroatoms. The van der Waals surface area contributed by atoms with E-state index in [0.29, 0.717) is 19.4 Å². The molecule has 0 bridgehead atoms. The minimum Gasteiger partial charge on any atom is -0.462 e. The van der Waals surface area contributed by atoms with Gasteiger partial charge < -0.3 is 14.2 Å². The zero-order valence-electron chi connectivity index (χ0n) is 39.7. The van der Waals surface area contributed by atoms with Crippen molar-refractivity contribution in [2.75, 3.05) is 19.8 Å². The molecule has 346 valence electrons. The highest BCUT2D eigenvalue weighted by Gasteiger charge is 2.17. The second-order valence-corrected chi connectivity index (χ2v) is 16.7. The van der Waals surface area contributed by atoms with Crippen molar-refractivity contribution in [2.45, 2.75) is 245 Å². The van der Waals surface area contributed by atoms with Crippen LogP contribution in [-0.4, -0.2) is 37.9 Å². The smallest absolute Gasteiger partial charge is 0.306 e. The van der Waals surface area contributed by atoms with Crippen LogP contribution in [0.2, 0.25) is 0 Å². The van der Waals surface area contributed by atoms with Crippen LogP contribution in [-0.2, 0) is 23.8 Å². The topological polar surface area (TPSA) is 61.8 Å². The maximum atomic E-state index is 12.8. The summed E-state index contributed by atoms with van der Waals surface area (Å²) in [6.45, 7) is 7.66. The van der Waals surface area contributed by atoms with Crippen molar-refractivity contribution in [2.24, 2.45) is 0 Å². The summed E-state index contributed by atoms with van der Waals surface area (Å²) in [5, 5.41) is 0. The molecule has 0 aromatic carbocycles. The fourth-order valence-electron chi connectivity index (χ4n) is 6.94. The largest absolute Gasteiger partial charge is 0.462 e. The first-order chi connectivity index (χ1) is 29.6. The number of ether oxygens (including phenoxy) is 3. The van der Waals surface area contributed by atoms with Gasteiger partial charge in [-0.3, -0.25) is 9.59 Å². The van der Waals surface area contributed by atoms with E-state index in [-0.39, 0.29) is 25.2 Å². The molecule has 0 N–H and O–H groups in total. The molecule has 0 aliphatic rings. The van der Waals surface area contributed by atoms with Crippen LogP contribution in [0.3, 0.4) is 0 Å². The molecule has 0 spiro atoms. The van der Waals surface area contributed by atoms with Crippen LogP contribution < -0.4 is 0 Å². The molecule has 5 nitrogen and oxygen atoms in total. The highest BCUT2D eigenvalue weighted by Crippen LogP contribution is 2.14. The van der Waals surface area contributed by atoms with Crippen LogP contribution in [0.15, 0.2) is 72.9 Å². The Morgan fingerprint density at radius 1 is 0.383 bits per heavy atom. The highest BCUT2D eigenvalue weighted by molar-refractivity contribution is 5.70. The summed E-state index contributed by atoms with van der Waals surface area (Å²) in [5.41, 5.74) is 0. The molecule has 0 fully saturated rings. The lowest BCUT2D eigenvalue weighted by molar-refractivity contribution is -0.163. The SMILES string of the molecule is CC/C=C\C/C=C\C/C=C\C/C=C\CCCCCCC(=O)OCC(COCCCCCCCCCCCC)OC(=O)CCCCCCCCC/C=C\C/C=C\CCCCC. The van der Waals surface area contributed by atoms with Gasteiger partial charge in [-0.15, -0.1) is 0 Å². The van der Waals surface area contributed by atoms with Gasteiger partial charge in [0.15, 0.2) is 6.10 Å². The first kappa shape index (κ1) is 57.3. The fraction of sp³-hybridized carbons (Fsp3) is 0.745. The molecule has 1 atom stereocenters. The Labute approximate surface area is 372 Å². The van der Waals surface area contributed by atoms with E-state index in [2.05, 4.69) is 93.7 Å². The zero-order valence-corrected chi connectivity index (χ0v) is 39.7. The summed E-state index contributed by atoms with van der Waals surface area (Å²) in [5.74, 6) is -0.430. The van der Waals surface area contributed by atoms with Crippen LogP contribution >= 0.6 is 0 Å². The molecule has 0 aliphatic heterocycles. The number of allylic oxidation sites excluding steroid dienone is 12. The minimum absolute atomic E-state index is 0.0688. The third kappa shape index (κ3) is 48.0. The monoisotopic (exact) mass is 837 g/mol. The fourth-order valence-corrected chi connectivity index (χ4v) is 6.94. The van der Waals surface area contributed by atoms with Crippen molar-refractivity contribution in [3.8, 4) is 0 Å². The van der Waals surface area contributed by atoms with Crippen molar-refractivity contribution in [3.63, 3.8) is 0 Å². The van der Waals surface area contributed by atoms with Gasteiger partial charge in [0.05, 0.1) is 6.61 Å². The average molecular weight is 837 g/mol. The summed E-state index contributed by atoms with van der Waals surface area (Å²) in [6, 6.07) is 0. The number of hydrogen-bond acceptors (Lipinski definition) is 5. The maximum Gasteiger partial charge on any atom is 0.306 e. The van der Waals surface area contributed by atoms with Gasteiger partial charge in [0.2, 0.25) is 0 Å². The van der Waals surface area contributed by atoms with E-state index < -0.39 is 6.10 Å². The summed E-state index contributed by atoms with van der Waals surface area (Å²) in [7, 11) is 0. The molecule has 0 aromatic heterocycles. The quantitative estimate of drug-likeness (QED) is 0.0347. The van der Waals surface area contributed by atoms with Crippen LogP contribution in [0.25, 0.3) is 0 Å². The highest BCUT2D eigenvalue weighted by atomic mass is 16.6. The number of carbonyl (C=O) groups excluding carboxylic acids is 2. The molecule has 0 saturated carbocycles. The van der Waals surface area contributed by atoms with Crippen molar-refractivity contribution < 1.29 is 23.8 Å². The van der Waals surface area contributed by atoms with E-state index >= 15 is 0 Å². The zero-order chi connectivity index (χ0) is 43.5. The summed E-state index contributed by atoms with van der Waals surface area (Å²) in [4.78, 5) is 25.4. The number of rotatable bonds is 46. The summed E-state index contributed by atoms with van der Waals surface area (Å²) < 4.78 is 17.4. The molecule has 0 rings (SSSR count). The predicted molar refractivity (Wildman–Crippen MR) is 260 cm³/mol. The van der Waals surface area contributed by atoms with Gasteiger partial charge >= 0.3 is 11.9 Å². The third-order valence-electron chi connectivity index (χ3n) is 10.7. The molecule has 0 amide bonds. The number of carbonyl (C=O) groups is 2. The lowest BCUT2D eigenvalue weighted by atomic mass is 10.1. The van der Waals surface area contributed by atoms with Gasteiger partial charge in [0.25, 0.3) is 0 Å². The Kier molecular flexibility index (Phi) is 48.4. The van der Waals surface area contributed by atoms with Gasteiger partial charge in [0, 0.05) is 19.4 Å². The lowest BCUT2D eigenvalue weighted by Gasteiger charge is -2.18. The van der Waals surface area contributed by atoms with Crippen LogP contribution in [0.1, 0.15) is 239 Å². The Balaban J connectivity index is 4.28. The van der Waals surface area contributed by atoms with E-state index in [1.807, 2.05) is 0 Å². The second kappa shape index (κ2) is 50.7. The van der Waals surface area contributed by atoms with Gasteiger partial charge in [0.1, 0.15) is 6.61 Å². The molecular weight excluding hydrogens is 741 g/mol. The van der Waals surface area contributed by atoms with E-state index in [1.54, 1.807) is 0 Å². The normalized spacial score (nSPS) is 12.8. The second-order valence-electron chi connectivity index (χ2n) is 16.7. The Bertz CT molecular complexity index is 1080. The summed E-state index contributed by atoms with van der Waals surface area (Å²) >= 11 is 0. The lowest BCUT2D eigenvalue weighted by Crippen LogP contribution is -2.30. The van der Waals surface area contributed by atoms with E-state index in [9.17, 15) is 9.59 Å². The standard InChI is InChI=1S/C55H96O5/c1-4-7-10-13-16-19-22-24-26-28-30-32-34-36-39-42-45-48-54(56)59-52-53(51-58-50-47-44-41-38-21-18-15-12-9-6-3)60-55(57)49-46-43-40-37-35-33-31-29-27-25-23-20-17-14-11-8-5-2/h7,10,16-17,19-20,24-27,30,32,53H,4-6,8-9,11-15,18,21-23,28-29,31,33-52H2,1-3H3/b10-7-,19-16-,20-17-,26-24-,27-25-,32-30-. The summed E-state index contributed by atoms with van der Waals surface area (Å²) in [6.07, 6.45) is 64.7. The number of esters is 2. The van der Waals surface area contributed by atoms with Gasteiger partial charge in [-0.05, 0) is 89.9 Å². The maximum absolute atomic E-state index is 12.8. The Morgan fingerprint density at radius 3 is 1.23 bits per heavy atom. The molecule has 0 saturated heterocycles. The molecular formula is C55H96O5. The van der Waals surface area contributed by atoms with Crippen LogP contribution in [0.4, 0.5) is 0 Å². The first-order valence-corrected chi connectivity index (χ1v) is 25.5. The van der Waals surface area contributed by atoms with Gasteiger partial charge in [-0.1, -0.05) is 209 Å². The average Bonchev–Trinajstić information content (AvgIpc) is 3.25. The molecule has 0 aliphatic carbocycles. The minimum atomic E-state index is -0.550. The first-order valence-electron chi connectivity index (χ1n) is 25.5. The Morgan fingerprint density at radius 2 is 0.750 bits per heavy atom. The van der Waals surface area contributed by atoms with Gasteiger partial charge in [-0.2, -0.15) is 0 Å². The van der Waals surface area contributed by atoms with Crippen molar-refractivity contribution in [1.29, 1.82) is 0 Å². The van der Waals surface area contributed by atoms with Crippen molar-refractivity contribution >= 4 is 11.9 Å². The van der Waals surface area contributed by atoms with E-state index in [0.717, 1.165) is 96.3 Å². The van der Waals surface area contributed by atoms with Crippen molar-refractivity contribution in [1.82, 2.24) is 0 Å². The molecule has 0 aromatic rings. The Hall–Kier alpha value is -2.66. The molecule has 0 heterocycles. The van der Waals surface area contributed by atoms with Crippen LogP contribution in [0.5, 0.6) is 0 Å².